The molecule has 5 rings (SSSR count). The molecule has 140 valence electrons. The highest BCUT2D eigenvalue weighted by Crippen LogP contribution is 2.39. The number of nitrogens with zero attached hydrogens (tertiary/aromatic N) is 6. The summed E-state index contributed by atoms with van der Waals surface area (Å²) in [6.45, 7) is 1.80. The molecule has 1 N–H and O–H groups in total. The van der Waals surface area contributed by atoms with Crippen molar-refractivity contribution in [1.82, 2.24) is 20.2 Å². The highest BCUT2D eigenvalue weighted by atomic mass is 16.2. The second-order valence-corrected chi connectivity index (χ2v) is 6.93. The lowest BCUT2D eigenvalue weighted by Crippen LogP contribution is -2.56. The largest absolute Gasteiger partial charge is 0.366 e. The van der Waals surface area contributed by atoms with E-state index in [1.807, 2.05) is 18.2 Å². The van der Waals surface area contributed by atoms with Crippen molar-refractivity contribution in [2.75, 3.05) is 28.2 Å². The Hall–Kier alpha value is -3.55. The predicted molar refractivity (Wildman–Crippen MR) is 106 cm³/mol. The van der Waals surface area contributed by atoms with Crippen LogP contribution in [0.1, 0.15) is 12.8 Å². The van der Waals surface area contributed by atoms with Crippen molar-refractivity contribution in [2.24, 2.45) is 0 Å². The van der Waals surface area contributed by atoms with Crippen molar-refractivity contribution in [3.8, 4) is 11.3 Å². The summed E-state index contributed by atoms with van der Waals surface area (Å²) in [5.74, 6) is 1.11. The summed E-state index contributed by atoms with van der Waals surface area (Å²) >= 11 is 0. The zero-order chi connectivity index (χ0) is 18.9. The van der Waals surface area contributed by atoms with Crippen LogP contribution in [-0.2, 0) is 0 Å². The third kappa shape index (κ3) is 2.92. The molecule has 0 aromatic carbocycles. The molecule has 0 radical (unpaired) electrons. The van der Waals surface area contributed by atoms with Crippen molar-refractivity contribution < 1.29 is 4.79 Å². The van der Waals surface area contributed by atoms with E-state index < -0.39 is 0 Å². The molecule has 8 nitrogen and oxygen atoms in total. The number of carbonyl (C=O) groups is 1. The van der Waals surface area contributed by atoms with E-state index in [-0.39, 0.29) is 12.1 Å². The number of piperidine rings is 1. The molecular weight excluding hydrogens is 354 g/mol. The number of urea groups is 1. The molecule has 0 saturated carbocycles. The van der Waals surface area contributed by atoms with Gasteiger partial charge in [0.1, 0.15) is 0 Å². The zero-order valence-electron chi connectivity index (χ0n) is 15.2. The van der Waals surface area contributed by atoms with Gasteiger partial charge in [-0.15, -0.1) is 5.10 Å². The Labute approximate surface area is 162 Å². The molecule has 1 saturated heterocycles. The second-order valence-electron chi connectivity index (χ2n) is 6.93. The van der Waals surface area contributed by atoms with E-state index in [2.05, 4.69) is 31.5 Å². The fourth-order valence-corrected chi connectivity index (χ4v) is 3.90. The van der Waals surface area contributed by atoms with E-state index in [0.717, 1.165) is 42.9 Å². The summed E-state index contributed by atoms with van der Waals surface area (Å²) in [5.41, 5.74) is 2.70. The topological polar surface area (TPSA) is 87.1 Å². The molecular formula is C20H19N7O. The number of hydrogen-bond acceptors (Lipinski definition) is 6. The zero-order valence-corrected chi connectivity index (χ0v) is 15.2. The molecule has 2 amide bonds. The Bertz CT molecular complexity index is 996. The standard InChI is InChI=1S/C20H19N7O/c28-20(24-18-6-2-10-22-25-18)27-15-5-3-11-26(13-15)17-8-7-16(23-19(17)27)14-4-1-9-21-12-14/h1-2,4,6-10,12,15H,3,5,11,13H2,(H,24,25,28)/t15-/m0/s1. The predicted octanol–water partition coefficient (Wildman–Crippen LogP) is 2.95. The van der Waals surface area contributed by atoms with Crippen LogP contribution in [0.25, 0.3) is 11.3 Å². The van der Waals surface area contributed by atoms with Crippen LogP contribution in [0, 0.1) is 0 Å². The van der Waals surface area contributed by atoms with Gasteiger partial charge in [-0.2, -0.15) is 5.10 Å². The molecule has 5 heterocycles. The number of rotatable bonds is 2. The van der Waals surface area contributed by atoms with Crippen molar-refractivity contribution in [3.63, 3.8) is 0 Å². The third-order valence-corrected chi connectivity index (χ3v) is 5.17. The van der Waals surface area contributed by atoms with Crippen LogP contribution >= 0.6 is 0 Å². The first-order valence-corrected chi connectivity index (χ1v) is 9.34. The maximum absolute atomic E-state index is 13.2. The summed E-state index contributed by atoms with van der Waals surface area (Å²) in [6.07, 6.45) is 7.08. The van der Waals surface area contributed by atoms with Gasteiger partial charge in [0.25, 0.3) is 0 Å². The summed E-state index contributed by atoms with van der Waals surface area (Å²) in [6, 6.07) is 11.2. The minimum absolute atomic E-state index is 0.0783. The summed E-state index contributed by atoms with van der Waals surface area (Å²) in [7, 11) is 0. The van der Waals surface area contributed by atoms with Crippen LogP contribution in [0.15, 0.2) is 55.0 Å². The summed E-state index contributed by atoms with van der Waals surface area (Å²) < 4.78 is 0. The molecule has 1 atom stereocenters. The number of carbonyl (C=O) groups excluding carboxylic acids is 1. The highest BCUT2D eigenvalue weighted by molar-refractivity contribution is 6.04. The first-order valence-electron chi connectivity index (χ1n) is 9.34. The van der Waals surface area contributed by atoms with Gasteiger partial charge in [-0.05, 0) is 49.2 Å². The van der Waals surface area contributed by atoms with E-state index in [1.54, 1.807) is 35.6 Å². The molecule has 1 fully saturated rings. The lowest BCUT2D eigenvalue weighted by atomic mass is 9.99. The molecule has 0 unspecified atom stereocenters. The van der Waals surface area contributed by atoms with Crippen molar-refractivity contribution >= 4 is 23.4 Å². The smallest absolute Gasteiger partial charge is 0.329 e. The van der Waals surface area contributed by atoms with Crippen LogP contribution in [0.2, 0.25) is 0 Å². The van der Waals surface area contributed by atoms with Crippen LogP contribution in [0.3, 0.4) is 0 Å². The molecule has 3 aromatic heterocycles. The summed E-state index contributed by atoms with van der Waals surface area (Å²) in [4.78, 5) is 26.3. The number of hydrogen-bond donors (Lipinski definition) is 1. The average Bonchev–Trinajstić information content (AvgIpc) is 2.75. The Balaban J connectivity index is 1.55. The van der Waals surface area contributed by atoms with Gasteiger partial charge < -0.3 is 4.90 Å². The second kappa shape index (κ2) is 6.88. The SMILES string of the molecule is O=C(Nc1cccnn1)N1c2nc(-c3cccnc3)ccc2N2CCC[C@H]1C2. The molecule has 8 heteroatoms. The molecule has 2 aliphatic rings. The number of nitrogens with one attached hydrogen (secondary N) is 1. The first-order chi connectivity index (χ1) is 13.8. The van der Waals surface area contributed by atoms with Gasteiger partial charge in [-0.3, -0.25) is 15.2 Å². The van der Waals surface area contributed by atoms with E-state index in [1.165, 1.54) is 0 Å². The Morgan fingerprint density at radius 1 is 1.14 bits per heavy atom. The Morgan fingerprint density at radius 2 is 2.07 bits per heavy atom. The Morgan fingerprint density at radius 3 is 2.89 bits per heavy atom. The fraction of sp³-hybridized carbons (Fsp3) is 0.250. The maximum Gasteiger partial charge on any atom is 0.329 e. The summed E-state index contributed by atoms with van der Waals surface area (Å²) in [5, 5.41) is 10.7. The van der Waals surface area contributed by atoms with Crippen LogP contribution in [0.4, 0.5) is 22.1 Å². The van der Waals surface area contributed by atoms with Gasteiger partial charge in [-0.1, -0.05) is 0 Å². The first kappa shape index (κ1) is 16.6. The van der Waals surface area contributed by atoms with E-state index in [9.17, 15) is 4.79 Å². The van der Waals surface area contributed by atoms with Crippen molar-refractivity contribution in [3.05, 3.63) is 55.0 Å². The van der Waals surface area contributed by atoms with Gasteiger partial charge in [0.2, 0.25) is 0 Å². The number of aromatic nitrogens is 4. The number of pyridine rings is 2. The molecule has 2 bridgehead atoms. The minimum Gasteiger partial charge on any atom is -0.366 e. The maximum atomic E-state index is 13.2. The van der Waals surface area contributed by atoms with E-state index in [0.29, 0.717) is 11.6 Å². The van der Waals surface area contributed by atoms with Crippen molar-refractivity contribution in [1.29, 1.82) is 0 Å². The van der Waals surface area contributed by atoms with Gasteiger partial charge in [-0.25, -0.2) is 9.78 Å². The fourth-order valence-electron chi connectivity index (χ4n) is 3.90. The molecule has 0 aliphatic carbocycles. The van der Waals surface area contributed by atoms with Gasteiger partial charge in [0.05, 0.1) is 17.4 Å². The van der Waals surface area contributed by atoms with Gasteiger partial charge >= 0.3 is 6.03 Å². The molecule has 2 aliphatic heterocycles. The van der Waals surface area contributed by atoms with Crippen LogP contribution in [-0.4, -0.2) is 45.3 Å². The monoisotopic (exact) mass is 373 g/mol. The quantitative estimate of drug-likeness (QED) is 0.743. The Kier molecular flexibility index (Phi) is 4.08. The van der Waals surface area contributed by atoms with E-state index in [4.69, 9.17) is 4.98 Å². The van der Waals surface area contributed by atoms with Crippen LogP contribution in [0.5, 0.6) is 0 Å². The van der Waals surface area contributed by atoms with Crippen LogP contribution < -0.4 is 15.1 Å². The van der Waals surface area contributed by atoms with E-state index >= 15 is 0 Å². The van der Waals surface area contributed by atoms with Gasteiger partial charge in [0.15, 0.2) is 11.6 Å². The number of amides is 2. The normalized spacial score (nSPS) is 17.8. The minimum atomic E-state index is -0.232. The average molecular weight is 373 g/mol. The molecule has 3 aromatic rings. The lowest BCUT2D eigenvalue weighted by Gasteiger charge is -2.45. The lowest BCUT2D eigenvalue weighted by molar-refractivity contribution is 0.252. The van der Waals surface area contributed by atoms with Crippen molar-refractivity contribution in [2.45, 2.75) is 18.9 Å². The third-order valence-electron chi connectivity index (χ3n) is 5.17. The molecule has 28 heavy (non-hydrogen) atoms. The number of fused-ring (bicyclic) bond motifs is 4. The number of anilines is 3. The van der Waals surface area contributed by atoms with Gasteiger partial charge in [0, 0.05) is 37.2 Å². The molecule has 0 spiro atoms. The highest BCUT2D eigenvalue weighted by Gasteiger charge is 2.38.